The van der Waals surface area contributed by atoms with E-state index in [2.05, 4.69) is 15.3 Å². The molecule has 0 spiro atoms. The summed E-state index contributed by atoms with van der Waals surface area (Å²) in [7, 11) is 1.55. The lowest BCUT2D eigenvalue weighted by Gasteiger charge is -2.09. The second-order valence-electron chi connectivity index (χ2n) is 5.53. The summed E-state index contributed by atoms with van der Waals surface area (Å²) in [6, 6.07) is 10.7. The Balaban J connectivity index is 1.55. The maximum Gasteiger partial charge on any atom is 0.251 e. The molecule has 3 rings (SSSR count). The molecule has 2 aromatic heterocycles. The number of hydrogen-bond acceptors (Lipinski definition) is 6. The Hall–Kier alpha value is -2.93. The summed E-state index contributed by atoms with van der Waals surface area (Å²) in [5, 5.41) is 5.85. The summed E-state index contributed by atoms with van der Waals surface area (Å²) in [6.07, 6.45) is 1.65. The summed E-state index contributed by atoms with van der Waals surface area (Å²) in [4.78, 5) is 20.8. The molecule has 0 saturated carbocycles. The van der Waals surface area contributed by atoms with E-state index in [0.29, 0.717) is 30.3 Å². The van der Waals surface area contributed by atoms with Gasteiger partial charge in [-0.3, -0.25) is 4.79 Å². The van der Waals surface area contributed by atoms with Crippen molar-refractivity contribution in [1.29, 1.82) is 0 Å². The second-order valence-corrected chi connectivity index (χ2v) is 6.59. The van der Waals surface area contributed by atoms with Crippen molar-refractivity contribution in [3.8, 4) is 11.6 Å². The predicted molar refractivity (Wildman–Crippen MR) is 99.6 cm³/mol. The summed E-state index contributed by atoms with van der Waals surface area (Å²) in [6.45, 7) is 2.72. The average molecular weight is 369 g/mol. The fraction of sp³-hybridized carbons (Fsp3) is 0.211. The Morgan fingerprint density at radius 3 is 2.73 bits per heavy atom. The zero-order chi connectivity index (χ0) is 18.4. The number of thiazole rings is 1. The number of ether oxygens (including phenoxy) is 2. The zero-order valence-electron chi connectivity index (χ0n) is 14.6. The number of rotatable bonds is 7. The van der Waals surface area contributed by atoms with E-state index in [0.717, 1.165) is 16.3 Å². The summed E-state index contributed by atoms with van der Waals surface area (Å²) >= 11 is 1.59. The number of carbonyl (C=O) groups is 1. The molecule has 7 heteroatoms. The first-order valence-corrected chi connectivity index (χ1v) is 8.93. The Morgan fingerprint density at radius 2 is 2.04 bits per heavy atom. The molecule has 3 aromatic rings. The third kappa shape index (κ3) is 4.58. The number of aromatic nitrogens is 2. The van der Waals surface area contributed by atoms with Gasteiger partial charge in [-0.05, 0) is 37.3 Å². The number of carbonyl (C=O) groups excluding carboxylic acids is 1. The van der Waals surface area contributed by atoms with Crippen LogP contribution in [0.4, 0.5) is 0 Å². The highest BCUT2D eigenvalue weighted by Crippen LogP contribution is 2.16. The molecule has 0 fully saturated rings. The van der Waals surface area contributed by atoms with Gasteiger partial charge in [-0.1, -0.05) is 6.07 Å². The number of hydrogen-bond donors (Lipinski definition) is 1. The molecule has 6 nitrogen and oxygen atoms in total. The van der Waals surface area contributed by atoms with E-state index >= 15 is 0 Å². The van der Waals surface area contributed by atoms with Gasteiger partial charge in [-0.15, -0.1) is 11.3 Å². The maximum atomic E-state index is 12.3. The van der Waals surface area contributed by atoms with Crippen molar-refractivity contribution in [3.05, 3.63) is 69.8 Å². The van der Waals surface area contributed by atoms with Crippen LogP contribution >= 0.6 is 11.3 Å². The zero-order valence-corrected chi connectivity index (χ0v) is 15.4. The first-order chi connectivity index (χ1) is 12.7. The standard InChI is InChI=1S/C19H19N3O3S/c1-13-22-16(12-26-13)11-25-17-7-5-14(6-8-17)18(23)21-10-15-4-3-9-20-19(15)24-2/h3-9,12H,10-11H2,1-2H3,(H,21,23). The number of pyridine rings is 1. The third-order valence-electron chi connectivity index (χ3n) is 3.65. The summed E-state index contributed by atoms with van der Waals surface area (Å²) in [5.74, 6) is 1.03. The van der Waals surface area contributed by atoms with Gasteiger partial charge in [-0.2, -0.15) is 0 Å². The molecule has 0 aliphatic carbocycles. The van der Waals surface area contributed by atoms with Crippen LogP contribution in [-0.4, -0.2) is 23.0 Å². The minimum Gasteiger partial charge on any atom is -0.487 e. The molecule has 2 heterocycles. The maximum absolute atomic E-state index is 12.3. The molecule has 0 bridgehead atoms. The largest absolute Gasteiger partial charge is 0.487 e. The Kier molecular flexibility index (Phi) is 5.80. The van der Waals surface area contributed by atoms with Crippen molar-refractivity contribution in [1.82, 2.24) is 15.3 Å². The average Bonchev–Trinajstić information content (AvgIpc) is 3.10. The van der Waals surface area contributed by atoms with Crippen LogP contribution in [-0.2, 0) is 13.2 Å². The molecule has 1 aromatic carbocycles. The molecule has 0 aliphatic rings. The number of nitrogens with zero attached hydrogens (tertiary/aromatic N) is 2. The molecule has 1 amide bonds. The van der Waals surface area contributed by atoms with Crippen LogP contribution in [0.1, 0.15) is 26.6 Å². The number of benzene rings is 1. The van der Waals surface area contributed by atoms with Crippen molar-refractivity contribution in [2.24, 2.45) is 0 Å². The van der Waals surface area contributed by atoms with Crippen molar-refractivity contribution < 1.29 is 14.3 Å². The third-order valence-corrected chi connectivity index (χ3v) is 4.47. The number of methoxy groups -OCH3 is 1. The molecular weight excluding hydrogens is 350 g/mol. The molecule has 0 radical (unpaired) electrons. The van der Waals surface area contributed by atoms with E-state index in [9.17, 15) is 4.79 Å². The van der Waals surface area contributed by atoms with Gasteiger partial charge in [0.2, 0.25) is 5.88 Å². The van der Waals surface area contributed by atoms with Crippen LogP contribution in [0.3, 0.4) is 0 Å². The summed E-state index contributed by atoms with van der Waals surface area (Å²) in [5.41, 5.74) is 2.28. The molecule has 0 atom stereocenters. The van der Waals surface area contributed by atoms with Gasteiger partial charge >= 0.3 is 0 Å². The quantitative estimate of drug-likeness (QED) is 0.691. The van der Waals surface area contributed by atoms with E-state index in [1.165, 1.54) is 0 Å². The molecular formula is C19H19N3O3S. The van der Waals surface area contributed by atoms with E-state index in [-0.39, 0.29) is 5.91 Å². The van der Waals surface area contributed by atoms with Gasteiger partial charge in [0.1, 0.15) is 12.4 Å². The summed E-state index contributed by atoms with van der Waals surface area (Å²) < 4.78 is 10.9. The Labute approximate surface area is 155 Å². The first-order valence-electron chi connectivity index (χ1n) is 8.05. The van der Waals surface area contributed by atoms with Crippen molar-refractivity contribution >= 4 is 17.2 Å². The fourth-order valence-electron chi connectivity index (χ4n) is 2.35. The predicted octanol–water partition coefficient (Wildman–Crippen LogP) is 3.36. The number of aryl methyl sites for hydroxylation is 1. The highest BCUT2D eigenvalue weighted by molar-refractivity contribution is 7.09. The van der Waals surface area contributed by atoms with Gasteiger partial charge in [0.05, 0.1) is 17.8 Å². The van der Waals surface area contributed by atoms with Crippen LogP contribution in [0.25, 0.3) is 0 Å². The first kappa shape index (κ1) is 17.9. The topological polar surface area (TPSA) is 73.3 Å². The molecule has 26 heavy (non-hydrogen) atoms. The van der Waals surface area contributed by atoms with E-state index < -0.39 is 0 Å². The van der Waals surface area contributed by atoms with Crippen molar-refractivity contribution in [3.63, 3.8) is 0 Å². The SMILES string of the molecule is COc1ncccc1CNC(=O)c1ccc(OCc2csc(C)n2)cc1. The van der Waals surface area contributed by atoms with Gasteiger partial charge in [0.15, 0.2) is 0 Å². The van der Waals surface area contributed by atoms with Crippen LogP contribution in [0.2, 0.25) is 0 Å². The van der Waals surface area contributed by atoms with Crippen LogP contribution in [0.5, 0.6) is 11.6 Å². The highest BCUT2D eigenvalue weighted by Gasteiger charge is 2.09. The van der Waals surface area contributed by atoms with Gasteiger partial charge in [0, 0.05) is 29.2 Å². The normalized spacial score (nSPS) is 10.4. The molecule has 1 N–H and O–H groups in total. The minimum absolute atomic E-state index is 0.169. The monoisotopic (exact) mass is 369 g/mol. The minimum atomic E-state index is -0.169. The van der Waals surface area contributed by atoms with Crippen molar-refractivity contribution in [2.45, 2.75) is 20.1 Å². The molecule has 0 unspecified atom stereocenters. The van der Waals surface area contributed by atoms with Gasteiger partial charge < -0.3 is 14.8 Å². The number of amides is 1. The smallest absolute Gasteiger partial charge is 0.251 e. The van der Waals surface area contributed by atoms with Gasteiger partial charge in [-0.25, -0.2) is 9.97 Å². The molecule has 0 saturated heterocycles. The highest BCUT2D eigenvalue weighted by atomic mass is 32.1. The van der Waals surface area contributed by atoms with Gasteiger partial charge in [0.25, 0.3) is 5.91 Å². The molecule has 134 valence electrons. The van der Waals surface area contributed by atoms with Crippen LogP contribution in [0, 0.1) is 6.92 Å². The van der Waals surface area contributed by atoms with Crippen molar-refractivity contribution in [2.75, 3.05) is 7.11 Å². The lowest BCUT2D eigenvalue weighted by Crippen LogP contribution is -2.23. The fourth-order valence-corrected chi connectivity index (χ4v) is 2.95. The lowest BCUT2D eigenvalue weighted by atomic mass is 10.2. The second kappa shape index (κ2) is 8.44. The Morgan fingerprint density at radius 1 is 1.23 bits per heavy atom. The van der Waals surface area contributed by atoms with Crippen LogP contribution in [0.15, 0.2) is 48.0 Å². The van der Waals surface area contributed by atoms with E-state index in [1.54, 1.807) is 55.0 Å². The lowest BCUT2D eigenvalue weighted by molar-refractivity contribution is 0.0950. The van der Waals surface area contributed by atoms with Crippen LogP contribution < -0.4 is 14.8 Å². The number of nitrogens with one attached hydrogen (secondary N) is 1. The van der Waals surface area contributed by atoms with E-state index in [1.807, 2.05) is 18.4 Å². The van der Waals surface area contributed by atoms with E-state index in [4.69, 9.17) is 9.47 Å². The molecule has 0 aliphatic heterocycles. The Bertz CT molecular complexity index is 878.